The topological polar surface area (TPSA) is 40.5 Å². The predicted octanol–water partition coefficient (Wildman–Crippen LogP) is 0.918. The summed E-state index contributed by atoms with van der Waals surface area (Å²) in [5.74, 6) is 1.27. The van der Waals surface area contributed by atoms with Crippen LogP contribution in [0, 0.1) is 17.8 Å². The molecule has 0 aromatic heterocycles. The third kappa shape index (κ3) is 0.686. The highest BCUT2D eigenvalue weighted by Crippen LogP contribution is 2.58. The molecule has 0 aromatic carbocycles. The molecule has 4 saturated carbocycles. The van der Waals surface area contributed by atoms with E-state index in [0.717, 1.165) is 32.1 Å². The second kappa shape index (κ2) is 2.05. The molecule has 4 fully saturated rings. The van der Waals surface area contributed by atoms with Crippen LogP contribution in [-0.4, -0.2) is 21.9 Å². The number of aliphatic hydroxyl groups is 2. The zero-order chi connectivity index (χ0) is 8.34. The van der Waals surface area contributed by atoms with Crippen LogP contribution < -0.4 is 0 Å². The molecule has 2 heteroatoms. The minimum absolute atomic E-state index is 0.0912. The molecule has 0 heterocycles. The third-order valence-corrected chi connectivity index (χ3v) is 4.50. The molecule has 0 radical (unpaired) electrons. The van der Waals surface area contributed by atoms with E-state index in [9.17, 15) is 10.2 Å². The first-order valence-electron chi connectivity index (χ1n) is 5.11. The lowest BCUT2D eigenvalue weighted by atomic mass is 9.60. The van der Waals surface area contributed by atoms with E-state index in [1.807, 2.05) is 0 Å². The van der Waals surface area contributed by atoms with Crippen LogP contribution in [0.25, 0.3) is 0 Å². The minimum Gasteiger partial charge on any atom is -0.393 e. The Labute approximate surface area is 72.6 Å². The Hall–Kier alpha value is -0.0800. The monoisotopic (exact) mass is 168 g/mol. The zero-order valence-electron chi connectivity index (χ0n) is 7.24. The standard InChI is InChI=1S/C10H16O2/c11-9-6-1-2-8-7(9)3-4-10(8,12)5-6/h6-9,11-12H,1-5H2/t6-,7-,8-,9-,10+/m1/s1. The molecule has 5 atom stereocenters. The van der Waals surface area contributed by atoms with Crippen molar-refractivity contribution in [1.29, 1.82) is 0 Å². The quantitative estimate of drug-likeness (QED) is 0.564. The number of hydrogen-bond donors (Lipinski definition) is 2. The summed E-state index contributed by atoms with van der Waals surface area (Å²) < 4.78 is 0. The van der Waals surface area contributed by atoms with Crippen molar-refractivity contribution in [3.63, 3.8) is 0 Å². The van der Waals surface area contributed by atoms with Crippen LogP contribution in [-0.2, 0) is 0 Å². The molecule has 0 aromatic rings. The summed E-state index contributed by atoms with van der Waals surface area (Å²) in [6.45, 7) is 0. The van der Waals surface area contributed by atoms with Gasteiger partial charge in [-0.2, -0.15) is 0 Å². The van der Waals surface area contributed by atoms with E-state index < -0.39 is 0 Å². The van der Waals surface area contributed by atoms with Crippen molar-refractivity contribution in [2.24, 2.45) is 17.8 Å². The molecule has 4 rings (SSSR count). The molecule has 68 valence electrons. The van der Waals surface area contributed by atoms with Crippen molar-refractivity contribution >= 4 is 0 Å². The Balaban J connectivity index is 2.01. The molecule has 0 saturated heterocycles. The fourth-order valence-electron chi connectivity index (χ4n) is 3.94. The van der Waals surface area contributed by atoms with Gasteiger partial charge in [-0.25, -0.2) is 0 Å². The summed E-state index contributed by atoms with van der Waals surface area (Å²) in [5.41, 5.74) is -0.368. The van der Waals surface area contributed by atoms with Crippen molar-refractivity contribution in [2.45, 2.75) is 43.8 Å². The van der Waals surface area contributed by atoms with Gasteiger partial charge < -0.3 is 10.2 Å². The Kier molecular flexibility index (Phi) is 1.25. The fraction of sp³-hybridized carbons (Fsp3) is 1.00. The first kappa shape index (κ1) is 7.34. The highest BCUT2D eigenvalue weighted by molar-refractivity contribution is 5.09. The van der Waals surface area contributed by atoms with Gasteiger partial charge in [0.15, 0.2) is 0 Å². The molecule has 0 spiro atoms. The van der Waals surface area contributed by atoms with Crippen LogP contribution in [0.3, 0.4) is 0 Å². The summed E-state index contributed by atoms with van der Waals surface area (Å²) in [7, 11) is 0. The normalized spacial score (nSPS) is 62.5. The number of fused-ring (bicyclic) bond motifs is 1. The van der Waals surface area contributed by atoms with Crippen LogP contribution in [0.15, 0.2) is 0 Å². The maximum Gasteiger partial charge on any atom is 0.0683 e. The van der Waals surface area contributed by atoms with E-state index in [0.29, 0.717) is 17.8 Å². The highest BCUT2D eigenvalue weighted by atomic mass is 16.3. The molecule has 4 bridgehead atoms. The largest absolute Gasteiger partial charge is 0.393 e. The number of hydrogen-bond acceptors (Lipinski definition) is 2. The predicted molar refractivity (Wildman–Crippen MR) is 44.5 cm³/mol. The van der Waals surface area contributed by atoms with Crippen molar-refractivity contribution in [3.8, 4) is 0 Å². The van der Waals surface area contributed by atoms with Gasteiger partial charge in [0.1, 0.15) is 0 Å². The van der Waals surface area contributed by atoms with Gasteiger partial charge in [0.2, 0.25) is 0 Å². The second-order valence-corrected chi connectivity index (χ2v) is 4.94. The van der Waals surface area contributed by atoms with E-state index in [4.69, 9.17) is 0 Å². The van der Waals surface area contributed by atoms with Crippen molar-refractivity contribution in [2.75, 3.05) is 0 Å². The van der Waals surface area contributed by atoms with E-state index >= 15 is 0 Å². The highest BCUT2D eigenvalue weighted by Gasteiger charge is 2.58. The Morgan fingerprint density at radius 2 is 2.00 bits per heavy atom. The molecule has 2 N–H and O–H groups in total. The van der Waals surface area contributed by atoms with Gasteiger partial charge >= 0.3 is 0 Å². The average molecular weight is 168 g/mol. The van der Waals surface area contributed by atoms with E-state index in [-0.39, 0.29) is 11.7 Å². The van der Waals surface area contributed by atoms with Gasteiger partial charge in [0, 0.05) is 0 Å². The summed E-state index contributed by atoms with van der Waals surface area (Å²) in [5, 5.41) is 20.1. The van der Waals surface area contributed by atoms with Crippen LogP contribution in [0.1, 0.15) is 32.1 Å². The molecule has 2 nitrogen and oxygen atoms in total. The molecule has 0 aliphatic heterocycles. The summed E-state index contributed by atoms with van der Waals surface area (Å²) >= 11 is 0. The molecule has 12 heavy (non-hydrogen) atoms. The lowest BCUT2D eigenvalue weighted by Crippen LogP contribution is -2.52. The van der Waals surface area contributed by atoms with E-state index in [1.165, 1.54) is 0 Å². The molecule has 0 unspecified atom stereocenters. The first-order chi connectivity index (χ1) is 5.71. The van der Waals surface area contributed by atoms with Gasteiger partial charge in [-0.05, 0) is 49.9 Å². The van der Waals surface area contributed by atoms with Crippen molar-refractivity contribution in [1.82, 2.24) is 0 Å². The van der Waals surface area contributed by atoms with Gasteiger partial charge in [-0.1, -0.05) is 0 Å². The van der Waals surface area contributed by atoms with Crippen LogP contribution in [0.2, 0.25) is 0 Å². The van der Waals surface area contributed by atoms with E-state index in [2.05, 4.69) is 0 Å². The summed E-state index contributed by atoms with van der Waals surface area (Å²) in [6, 6.07) is 0. The molecule has 4 aliphatic rings. The Morgan fingerprint density at radius 1 is 1.17 bits per heavy atom. The molecular formula is C10H16O2. The first-order valence-corrected chi connectivity index (χ1v) is 5.11. The Morgan fingerprint density at radius 3 is 2.75 bits per heavy atom. The summed E-state index contributed by atoms with van der Waals surface area (Å²) in [4.78, 5) is 0. The zero-order valence-corrected chi connectivity index (χ0v) is 7.24. The maximum atomic E-state index is 10.2. The SMILES string of the molecule is O[C@@H]1[C@@H]2CC[C@@H]3[C@H]1CC[C@]3(O)C2. The Bertz CT molecular complexity index is 216. The number of aliphatic hydroxyl groups excluding tert-OH is 1. The van der Waals surface area contributed by atoms with Crippen LogP contribution in [0.4, 0.5) is 0 Å². The molecule has 4 aliphatic carbocycles. The lowest BCUT2D eigenvalue weighted by molar-refractivity contribution is -0.139. The lowest BCUT2D eigenvalue weighted by Gasteiger charge is -2.49. The molecular weight excluding hydrogens is 152 g/mol. The minimum atomic E-state index is -0.368. The van der Waals surface area contributed by atoms with Gasteiger partial charge in [-0.3, -0.25) is 0 Å². The van der Waals surface area contributed by atoms with Gasteiger partial charge in [0.25, 0.3) is 0 Å². The number of rotatable bonds is 0. The average Bonchev–Trinajstić information content (AvgIpc) is 2.34. The van der Waals surface area contributed by atoms with Crippen molar-refractivity contribution < 1.29 is 10.2 Å². The third-order valence-electron chi connectivity index (χ3n) is 4.50. The van der Waals surface area contributed by atoms with Gasteiger partial charge in [0.05, 0.1) is 11.7 Å². The van der Waals surface area contributed by atoms with E-state index in [1.54, 1.807) is 0 Å². The molecule has 0 amide bonds. The maximum absolute atomic E-state index is 10.2. The fourth-order valence-corrected chi connectivity index (χ4v) is 3.94. The van der Waals surface area contributed by atoms with Crippen LogP contribution in [0.5, 0.6) is 0 Å². The van der Waals surface area contributed by atoms with Crippen molar-refractivity contribution in [3.05, 3.63) is 0 Å². The smallest absolute Gasteiger partial charge is 0.0683 e. The second-order valence-electron chi connectivity index (χ2n) is 4.94. The summed E-state index contributed by atoms with van der Waals surface area (Å²) in [6.07, 6.45) is 5.07. The van der Waals surface area contributed by atoms with Gasteiger partial charge in [-0.15, -0.1) is 0 Å². The van der Waals surface area contributed by atoms with Crippen LogP contribution >= 0.6 is 0 Å².